The van der Waals surface area contributed by atoms with Gasteiger partial charge in [-0.25, -0.2) is 0 Å². The Kier molecular flexibility index (Phi) is 5.56. The van der Waals surface area contributed by atoms with E-state index in [1.165, 1.54) is 5.56 Å². The molecule has 0 atom stereocenters. The Morgan fingerprint density at radius 3 is 2.40 bits per heavy atom. The van der Waals surface area contributed by atoms with Gasteiger partial charge in [0.2, 0.25) is 5.91 Å². The highest BCUT2D eigenvalue weighted by atomic mass is 16.2. The van der Waals surface area contributed by atoms with Crippen molar-refractivity contribution in [1.82, 2.24) is 9.80 Å². The first kappa shape index (κ1) is 15.0. The first-order valence-electron chi connectivity index (χ1n) is 7.55. The second-order valence-electron chi connectivity index (χ2n) is 5.27. The molecule has 110 valence electrons. The van der Waals surface area contributed by atoms with Crippen LogP contribution in [-0.2, 0) is 11.2 Å². The molecule has 1 heterocycles. The third-order valence-electron chi connectivity index (χ3n) is 3.95. The second kappa shape index (κ2) is 7.41. The van der Waals surface area contributed by atoms with Crippen molar-refractivity contribution >= 4 is 11.6 Å². The van der Waals surface area contributed by atoms with Crippen LogP contribution in [0.5, 0.6) is 0 Å². The number of hydrogen-bond donors (Lipinski definition) is 1. The average Bonchev–Trinajstić information content (AvgIpc) is 2.48. The van der Waals surface area contributed by atoms with Crippen molar-refractivity contribution in [2.75, 3.05) is 44.6 Å². The number of para-hydroxylation sites is 1. The molecule has 4 nitrogen and oxygen atoms in total. The number of aryl methyl sites for hydroxylation is 1. The van der Waals surface area contributed by atoms with Gasteiger partial charge in [0.1, 0.15) is 0 Å². The number of carbonyl (C=O) groups excluding carboxylic acids is 1. The Bertz CT molecular complexity index is 439. The minimum atomic E-state index is 0.0934. The molecular weight excluding hydrogens is 250 g/mol. The van der Waals surface area contributed by atoms with Gasteiger partial charge in [0.15, 0.2) is 0 Å². The van der Waals surface area contributed by atoms with Crippen LogP contribution in [0.3, 0.4) is 0 Å². The lowest BCUT2D eigenvalue weighted by Gasteiger charge is -2.33. The smallest absolute Gasteiger partial charge is 0.238 e. The van der Waals surface area contributed by atoms with Crippen LogP contribution in [0, 0.1) is 0 Å². The number of likely N-dealkylation sites (N-methyl/N-ethyl adjacent to an activating group) is 1. The van der Waals surface area contributed by atoms with E-state index in [1.807, 2.05) is 18.2 Å². The van der Waals surface area contributed by atoms with Gasteiger partial charge in [-0.05, 0) is 24.6 Å². The second-order valence-corrected chi connectivity index (χ2v) is 5.27. The third kappa shape index (κ3) is 4.05. The van der Waals surface area contributed by atoms with E-state index < -0.39 is 0 Å². The molecule has 1 amide bonds. The minimum absolute atomic E-state index is 0.0934. The van der Waals surface area contributed by atoms with E-state index in [1.54, 1.807) is 0 Å². The topological polar surface area (TPSA) is 35.6 Å². The number of rotatable bonds is 5. The summed E-state index contributed by atoms with van der Waals surface area (Å²) in [7, 11) is 0. The number of hydrogen-bond acceptors (Lipinski definition) is 3. The van der Waals surface area contributed by atoms with E-state index in [0.717, 1.165) is 44.8 Å². The Hall–Kier alpha value is -1.39. The van der Waals surface area contributed by atoms with Gasteiger partial charge in [0, 0.05) is 31.9 Å². The van der Waals surface area contributed by atoms with Crippen LogP contribution >= 0.6 is 0 Å². The van der Waals surface area contributed by atoms with E-state index >= 15 is 0 Å². The molecule has 4 heteroatoms. The van der Waals surface area contributed by atoms with Crippen molar-refractivity contribution in [1.29, 1.82) is 0 Å². The molecule has 1 aromatic rings. The number of piperazine rings is 1. The average molecular weight is 275 g/mol. The first-order chi connectivity index (χ1) is 9.72. The van der Waals surface area contributed by atoms with Gasteiger partial charge in [-0.2, -0.15) is 0 Å². The molecule has 0 spiro atoms. The van der Waals surface area contributed by atoms with Crippen molar-refractivity contribution in [3.63, 3.8) is 0 Å². The fraction of sp³-hybridized carbons (Fsp3) is 0.562. The molecule has 2 rings (SSSR count). The maximum absolute atomic E-state index is 12.1. The summed E-state index contributed by atoms with van der Waals surface area (Å²) in [5, 5.41) is 3.04. The van der Waals surface area contributed by atoms with Gasteiger partial charge in [0.05, 0.1) is 6.54 Å². The summed E-state index contributed by atoms with van der Waals surface area (Å²) < 4.78 is 0. The summed E-state index contributed by atoms with van der Waals surface area (Å²) >= 11 is 0. The van der Waals surface area contributed by atoms with Gasteiger partial charge in [0.25, 0.3) is 0 Å². The lowest BCUT2D eigenvalue weighted by atomic mass is 10.1. The van der Waals surface area contributed by atoms with E-state index in [9.17, 15) is 4.79 Å². The highest BCUT2D eigenvalue weighted by molar-refractivity contribution is 5.93. The number of amides is 1. The largest absolute Gasteiger partial charge is 0.325 e. The number of carbonyl (C=O) groups is 1. The highest BCUT2D eigenvalue weighted by Crippen LogP contribution is 2.15. The summed E-state index contributed by atoms with van der Waals surface area (Å²) in [6, 6.07) is 8.02. The summed E-state index contributed by atoms with van der Waals surface area (Å²) in [4.78, 5) is 16.8. The molecule has 1 saturated heterocycles. The van der Waals surface area contributed by atoms with E-state index in [2.05, 4.69) is 35.0 Å². The van der Waals surface area contributed by atoms with Crippen molar-refractivity contribution in [2.24, 2.45) is 0 Å². The molecule has 1 N–H and O–H groups in total. The maximum atomic E-state index is 12.1. The molecule has 0 saturated carbocycles. The molecule has 0 aromatic heterocycles. The fourth-order valence-corrected chi connectivity index (χ4v) is 2.61. The van der Waals surface area contributed by atoms with Crippen molar-refractivity contribution in [3.05, 3.63) is 29.8 Å². The zero-order chi connectivity index (χ0) is 14.4. The van der Waals surface area contributed by atoms with E-state index in [0.29, 0.717) is 6.54 Å². The third-order valence-corrected chi connectivity index (χ3v) is 3.95. The standard InChI is InChI=1S/C16H25N3O/c1-3-14-7-5-6-8-15(14)17-16(20)13-19-11-9-18(4-2)10-12-19/h5-8H,3-4,9-13H2,1-2H3,(H,17,20). The molecule has 1 aromatic carbocycles. The molecule has 0 aliphatic carbocycles. The van der Waals surface area contributed by atoms with Gasteiger partial charge in [-0.3, -0.25) is 9.69 Å². The van der Waals surface area contributed by atoms with Gasteiger partial charge in [-0.1, -0.05) is 32.0 Å². The zero-order valence-electron chi connectivity index (χ0n) is 12.6. The van der Waals surface area contributed by atoms with Crippen LogP contribution in [0.2, 0.25) is 0 Å². The molecular formula is C16H25N3O. The Morgan fingerprint density at radius 1 is 1.10 bits per heavy atom. The van der Waals surface area contributed by atoms with Crippen LogP contribution in [0.4, 0.5) is 5.69 Å². The van der Waals surface area contributed by atoms with Crippen molar-refractivity contribution in [2.45, 2.75) is 20.3 Å². The Balaban J connectivity index is 1.84. The Labute approximate surface area is 121 Å². The molecule has 1 aliphatic heterocycles. The van der Waals surface area contributed by atoms with Crippen LogP contribution in [-0.4, -0.2) is 55.0 Å². The molecule has 20 heavy (non-hydrogen) atoms. The number of nitrogens with one attached hydrogen (secondary N) is 1. The molecule has 1 fully saturated rings. The number of benzene rings is 1. The molecule has 0 unspecified atom stereocenters. The normalized spacial score (nSPS) is 17.1. The highest BCUT2D eigenvalue weighted by Gasteiger charge is 2.18. The molecule has 0 bridgehead atoms. The van der Waals surface area contributed by atoms with E-state index in [4.69, 9.17) is 0 Å². The predicted molar refractivity (Wildman–Crippen MR) is 83.0 cm³/mol. The lowest BCUT2D eigenvalue weighted by molar-refractivity contribution is -0.117. The summed E-state index contributed by atoms with van der Waals surface area (Å²) in [5.41, 5.74) is 2.14. The minimum Gasteiger partial charge on any atom is -0.325 e. The van der Waals surface area contributed by atoms with Crippen molar-refractivity contribution in [3.8, 4) is 0 Å². The lowest BCUT2D eigenvalue weighted by Crippen LogP contribution is -2.48. The van der Waals surface area contributed by atoms with Gasteiger partial charge in [-0.15, -0.1) is 0 Å². The van der Waals surface area contributed by atoms with Gasteiger partial charge < -0.3 is 10.2 Å². The number of anilines is 1. The summed E-state index contributed by atoms with van der Waals surface area (Å²) in [6.07, 6.45) is 0.936. The van der Waals surface area contributed by atoms with Crippen LogP contribution in [0.1, 0.15) is 19.4 Å². The van der Waals surface area contributed by atoms with Gasteiger partial charge >= 0.3 is 0 Å². The van der Waals surface area contributed by atoms with E-state index in [-0.39, 0.29) is 5.91 Å². The summed E-state index contributed by atoms with van der Waals surface area (Å²) in [5.74, 6) is 0.0934. The van der Waals surface area contributed by atoms with Crippen molar-refractivity contribution < 1.29 is 4.79 Å². The van der Waals surface area contributed by atoms with Crippen LogP contribution < -0.4 is 5.32 Å². The number of nitrogens with zero attached hydrogens (tertiary/aromatic N) is 2. The monoisotopic (exact) mass is 275 g/mol. The summed E-state index contributed by atoms with van der Waals surface area (Å²) in [6.45, 7) is 9.98. The molecule has 0 radical (unpaired) electrons. The van der Waals surface area contributed by atoms with Crippen LogP contribution in [0.15, 0.2) is 24.3 Å². The van der Waals surface area contributed by atoms with Crippen LogP contribution in [0.25, 0.3) is 0 Å². The quantitative estimate of drug-likeness (QED) is 0.890. The predicted octanol–water partition coefficient (Wildman–Crippen LogP) is 1.82. The zero-order valence-corrected chi connectivity index (χ0v) is 12.6. The first-order valence-corrected chi connectivity index (χ1v) is 7.55. The fourth-order valence-electron chi connectivity index (χ4n) is 2.61. The SMILES string of the molecule is CCc1ccccc1NC(=O)CN1CCN(CC)CC1. The Morgan fingerprint density at radius 2 is 1.75 bits per heavy atom. The molecule has 1 aliphatic rings. The maximum Gasteiger partial charge on any atom is 0.238 e.